The molecule has 51 heavy (non-hydrogen) atoms. The molecule has 1 aliphatic heterocycles. The number of nitrogens with zero attached hydrogens (tertiary/aromatic N) is 5. The van der Waals surface area contributed by atoms with Crippen molar-refractivity contribution in [2.24, 2.45) is 5.41 Å². The molecule has 1 aromatic heterocycles. The first kappa shape index (κ1) is 37.4. The molecule has 13 nitrogen and oxygen atoms in total. The maximum absolute atomic E-state index is 14.4. The van der Waals surface area contributed by atoms with Crippen molar-refractivity contribution in [3.63, 3.8) is 0 Å². The lowest BCUT2D eigenvalue weighted by Gasteiger charge is -2.38. The van der Waals surface area contributed by atoms with Gasteiger partial charge in [0, 0.05) is 25.6 Å². The SMILES string of the molecule is CC[C@@H]1CN(Cc2cc(C(c3ccc4c(nnn4CC)c3C)C(C)(C)C(=O)N(CCC(=O)O)CC(=O)O)ccc2C)S(=O)(=O)c2ccccc2O1. The Balaban J connectivity index is 1.65. The number of aliphatic carboxylic acids is 2. The molecule has 0 fully saturated rings. The van der Waals surface area contributed by atoms with Gasteiger partial charge in [-0.2, -0.15) is 4.31 Å². The summed E-state index contributed by atoms with van der Waals surface area (Å²) in [5.74, 6) is -3.32. The van der Waals surface area contributed by atoms with E-state index < -0.39 is 52.2 Å². The molecule has 2 N–H and O–H groups in total. The van der Waals surface area contributed by atoms with Gasteiger partial charge in [-0.3, -0.25) is 14.4 Å². The number of sulfonamides is 1. The fraction of sp³-hybridized carbons (Fsp3) is 0.432. The Morgan fingerprint density at radius 1 is 1.04 bits per heavy atom. The number of carboxylic acids is 2. The van der Waals surface area contributed by atoms with Gasteiger partial charge in [-0.25, -0.2) is 13.1 Å². The highest BCUT2D eigenvalue weighted by molar-refractivity contribution is 7.89. The summed E-state index contributed by atoms with van der Waals surface area (Å²) in [6, 6.07) is 16.1. The van der Waals surface area contributed by atoms with Crippen LogP contribution >= 0.6 is 0 Å². The molecule has 0 aliphatic carbocycles. The standard InChI is InChI=1S/C37H45N5O8S/c1-7-27-21-41(51(48,49)31-12-10-9-11-30(31)50-27)20-26-19-25(14-13-23(26)3)34(28-15-16-29-35(24(28)4)38-39-42(29)8-2)37(5,6)36(47)40(22-33(45)46)18-17-32(43)44/h9-16,19,27,34H,7-8,17-18,20-22H2,1-6H3,(H,43,44)(H,45,46)/t27-,34?/m1/s1. The van der Waals surface area contributed by atoms with Crippen LogP contribution in [-0.4, -0.2) is 86.4 Å². The van der Waals surface area contributed by atoms with Crippen LogP contribution in [0.25, 0.3) is 11.0 Å². The first-order chi connectivity index (χ1) is 24.1. The summed E-state index contributed by atoms with van der Waals surface area (Å²) in [6.07, 6.45) is -0.194. The average Bonchev–Trinajstić information content (AvgIpc) is 3.47. The summed E-state index contributed by atoms with van der Waals surface area (Å²) in [6.45, 7) is 11.0. The van der Waals surface area contributed by atoms with Crippen LogP contribution in [0.3, 0.4) is 0 Å². The zero-order valence-electron chi connectivity index (χ0n) is 29.8. The topological polar surface area (TPSA) is 172 Å². The van der Waals surface area contributed by atoms with Gasteiger partial charge in [0.1, 0.15) is 28.8 Å². The van der Waals surface area contributed by atoms with Crippen molar-refractivity contribution < 1.29 is 37.8 Å². The second-order valence-corrected chi connectivity index (χ2v) is 15.5. The molecule has 5 rings (SSSR count). The lowest BCUT2D eigenvalue weighted by atomic mass is 9.68. The number of amides is 1. The summed E-state index contributed by atoms with van der Waals surface area (Å²) < 4.78 is 37.4. The Bertz CT molecular complexity index is 2080. The zero-order valence-corrected chi connectivity index (χ0v) is 30.6. The molecule has 2 heterocycles. The third-order valence-electron chi connectivity index (χ3n) is 9.75. The van der Waals surface area contributed by atoms with Gasteiger partial charge in [0.2, 0.25) is 15.9 Å². The molecule has 4 aromatic rings. The summed E-state index contributed by atoms with van der Waals surface area (Å²) >= 11 is 0. The van der Waals surface area contributed by atoms with Crippen molar-refractivity contribution in [1.29, 1.82) is 0 Å². The first-order valence-electron chi connectivity index (χ1n) is 17.0. The first-order valence-corrected chi connectivity index (χ1v) is 18.4. The largest absolute Gasteiger partial charge is 0.488 e. The van der Waals surface area contributed by atoms with Crippen molar-refractivity contribution >= 4 is 38.9 Å². The predicted octanol–water partition coefficient (Wildman–Crippen LogP) is 4.98. The third kappa shape index (κ3) is 7.47. The highest BCUT2D eigenvalue weighted by Gasteiger charge is 2.43. The van der Waals surface area contributed by atoms with E-state index in [1.807, 2.05) is 58.0 Å². The van der Waals surface area contributed by atoms with Gasteiger partial charge in [-0.1, -0.05) is 62.4 Å². The number of carboxylic acid groups (broad SMARTS) is 2. The molecule has 0 spiro atoms. The summed E-state index contributed by atoms with van der Waals surface area (Å²) in [7, 11) is -3.95. The number of aromatic nitrogens is 3. The monoisotopic (exact) mass is 719 g/mol. The molecular formula is C37H45N5O8S. The van der Waals surface area contributed by atoms with Crippen molar-refractivity contribution in [3.05, 3.63) is 82.4 Å². The molecule has 272 valence electrons. The van der Waals surface area contributed by atoms with Gasteiger partial charge >= 0.3 is 11.9 Å². The Labute approximate surface area is 297 Å². The van der Waals surface area contributed by atoms with E-state index in [1.54, 1.807) is 42.8 Å². The van der Waals surface area contributed by atoms with Crippen LogP contribution in [0.15, 0.2) is 59.5 Å². The van der Waals surface area contributed by atoms with Crippen LogP contribution in [0.2, 0.25) is 0 Å². The van der Waals surface area contributed by atoms with Gasteiger partial charge in [0.25, 0.3) is 0 Å². The number of hydrogen-bond donors (Lipinski definition) is 2. The fourth-order valence-corrected chi connectivity index (χ4v) is 8.50. The predicted molar refractivity (Wildman–Crippen MR) is 190 cm³/mol. The summed E-state index contributed by atoms with van der Waals surface area (Å²) in [4.78, 5) is 39.0. The molecule has 1 unspecified atom stereocenters. The molecule has 0 saturated heterocycles. The molecule has 0 bridgehead atoms. The Kier molecular flexibility index (Phi) is 10.9. The number of aryl methyl sites for hydroxylation is 3. The number of carbonyl (C=O) groups is 3. The van der Waals surface area contributed by atoms with Gasteiger partial charge in [-0.05, 0) is 73.2 Å². The van der Waals surface area contributed by atoms with Crippen LogP contribution in [0.5, 0.6) is 5.75 Å². The van der Waals surface area contributed by atoms with E-state index in [0.717, 1.165) is 32.7 Å². The molecule has 1 amide bonds. The van der Waals surface area contributed by atoms with Crippen LogP contribution in [0, 0.1) is 19.3 Å². The Hall–Kier alpha value is -4.82. The second-order valence-electron chi connectivity index (χ2n) is 13.5. The number of para-hydroxylation sites is 1. The minimum absolute atomic E-state index is 0.0455. The van der Waals surface area contributed by atoms with Gasteiger partial charge in [-0.15, -0.1) is 5.10 Å². The highest BCUT2D eigenvalue weighted by Crippen LogP contribution is 2.45. The van der Waals surface area contributed by atoms with Crippen molar-refractivity contribution in [2.45, 2.75) is 84.4 Å². The van der Waals surface area contributed by atoms with E-state index in [4.69, 9.17) is 4.74 Å². The molecule has 2 atom stereocenters. The van der Waals surface area contributed by atoms with E-state index in [9.17, 15) is 33.0 Å². The molecule has 0 radical (unpaired) electrons. The minimum atomic E-state index is -3.95. The van der Waals surface area contributed by atoms with Crippen molar-refractivity contribution in [2.75, 3.05) is 19.6 Å². The van der Waals surface area contributed by atoms with Gasteiger partial charge in [0.05, 0.1) is 23.9 Å². The fourth-order valence-electron chi connectivity index (χ4n) is 6.93. The zero-order chi connectivity index (χ0) is 37.2. The van der Waals surface area contributed by atoms with E-state index in [-0.39, 0.29) is 30.6 Å². The van der Waals surface area contributed by atoms with Crippen molar-refractivity contribution in [3.8, 4) is 5.75 Å². The number of ether oxygens (including phenoxy) is 1. The molecular weight excluding hydrogens is 675 g/mol. The van der Waals surface area contributed by atoms with Crippen LogP contribution in [0.1, 0.15) is 74.3 Å². The number of carbonyl (C=O) groups excluding carboxylic acids is 1. The van der Waals surface area contributed by atoms with E-state index in [1.165, 1.54) is 4.31 Å². The minimum Gasteiger partial charge on any atom is -0.488 e. The van der Waals surface area contributed by atoms with Crippen molar-refractivity contribution in [1.82, 2.24) is 24.2 Å². The highest BCUT2D eigenvalue weighted by atomic mass is 32.2. The summed E-state index contributed by atoms with van der Waals surface area (Å²) in [5.41, 5.74) is 3.96. The van der Waals surface area contributed by atoms with Gasteiger partial charge in [0.15, 0.2) is 0 Å². The number of benzene rings is 3. The summed E-state index contributed by atoms with van der Waals surface area (Å²) in [5, 5.41) is 27.8. The Morgan fingerprint density at radius 3 is 2.43 bits per heavy atom. The number of fused-ring (bicyclic) bond motifs is 2. The maximum atomic E-state index is 14.4. The third-order valence-corrected chi connectivity index (χ3v) is 11.6. The number of rotatable bonds is 13. The molecule has 1 aliphatic rings. The second kappa shape index (κ2) is 14.8. The van der Waals surface area contributed by atoms with Crippen LogP contribution < -0.4 is 4.74 Å². The smallest absolute Gasteiger partial charge is 0.323 e. The van der Waals surface area contributed by atoms with Crippen LogP contribution in [0.4, 0.5) is 0 Å². The molecule has 3 aromatic carbocycles. The van der Waals surface area contributed by atoms with E-state index in [2.05, 4.69) is 10.3 Å². The lowest BCUT2D eigenvalue weighted by Crippen LogP contribution is -2.47. The van der Waals surface area contributed by atoms with Crippen LogP contribution in [-0.2, 0) is 37.5 Å². The molecule has 14 heteroatoms. The quantitative estimate of drug-likeness (QED) is 0.192. The van der Waals surface area contributed by atoms with Gasteiger partial charge < -0.3 is 19.8 Å². The normalized spacial score (nSPS) is 16.5. The van der Waals surface area contributed by atoms with E-state index in [0.29, 0.717) is 29.8 Å². The Morgan fingerprint density at radius 2 is 1.76 bits per heavy atom. The van der Waals surface area contributed by atoms with E-state index >= 15 is 0 Å². The molecule has 0 saturated carbocycles. The lowest BCUT2D eigenvalue weighted by molar-refractivity contribution is -0.150. The maximum Gasteiger partial charge on any atom is 0.323 e. The number of hydrogen-bond acceptors (Lipinski definition) is 8. The average molecular weight is 720 g/mol.